The van der Waals surface area contributed by atoms with Crippen LogP contribution >= 0.6 is 27.5 Å². The molecule has 0 unspecified atom stereocenters. The number of carbonyl (C=O) groups is 1. The summed E-state index contributed by atoms with van der Waals surface area (Å²) in [4.78, 5) is 16.7. The molecule has 3 nitrogen and oxygen atoms in total. The average molecular weight is 362 g/mol. The number of carbonyl (C=O) groups excluding carboxylic acids is 1. The summed E-state index contributed by atoms with van der Waals surface area (Å²) >= 11 is 9.35. The monoisotopic (exact) mass is 360 g/mol. The molecule has 3 aromatic rings. The fourth-order valence-corrected chi connectivity index (χ4v) is 2.59. The van der Waals surface area contributed by atoms with Crippen molar-refractivity contribution in [3.05, 3.63) is 69.8 Å². The quantitative estimate of drug-likeness (QED) is 0.705. The van der Waals surface area contributed by atoms with Crippen LogP contribution in [0, 0.1) is 0 Å². The SMILES string of the molecule is O=C(Nc1cc(Cl)ccc1Br)c1ccnc2ccccc12. The summed E-state index contributed by atoms with van der Waals surface area (Å²) in [6.07, 6.45) is 1.63. The molecule has 0 aliphatic heterocycles. The Labute approximate surface area is 135 Å². The van der Waals surface area contributed by atoms with E-state index in [9.17, 15) is 4.79 Å². The van der Waals surface area contributed by atoms with Crippen LogP contribution < -0.4 is 5.32 Å². The molecule has 0 bridgehead atoms. The van der Waals surface area contributed by atoms with Crippen LogP contribution in [0.3, 0.4) is 0 Å². The van der Waals surface area contributed by atoms with Crippen LogP contribution in [-0.4, -0.2) is 10.9 Å². The van der Waals surface area contributed by atoms with Crippen molar-refractivity contribution in [1.29, 1.82) is 0 Å². The second-order valence-corrected chi connectivity index (χ2v) is 5.74. The van der Waals surface area contributed by atoms with Crippen molar-refractivity contribution < 1.29 is 4.79 Å². The van der Waals surface area contributed by atoms with Gasteiger partial charge in [0.2, 0.25) is 0 Å². The second-order valence-electron chi connectivity index (χ2n) is 4.45. The number of hydrogen-bond donors (Lipinski definition) is 1. The molecule has 1 amide bonds. The van der Waals surface area contributed by atoms with Crippen molar-refractivity contribution in [2.75, 3.05) is 5.32 Å². The third-order valence-corrected chi connectivity index (χ3v) is 4.00. The van der Waals surface area contributed by atoms with Gasteiger partial charge in [-0.1, -0.05) is 29.8 Å². The second kappa shape index (κ2) is 5.84. The molecule has 0 radical (unpaired) electrons. The van der Waals surface area contributed by atoms with E-state index >= 15 is 0 Å². The van der Waals surface area contributed by atoms with Gasteiger partial charge in [0.1, 0.15) is 0 Å². The molecule has 0 aliphatic rings. The van der Waals surface area contributed by atoms with Gasteiger partial charge in [-0.3, -0.25) is 9.78 Å². The predicted octanol–water partition coefficient (Wildman–Crippen LogP) is 4.90. The van der Waals surface area contributed by atoms with Gasteiger partial charge in [-0.25, -0.2) is 0 Å². The molecule has 0 saturated heterocycles. The molecule has 104 valence electrons. The summed E-state index contributed by atoms with van der Waals surface area (Å²) in [5.41, 5.74) is 2.00. The van der Waals surface area contributed by atoms with Crippen LogP contribution in [0.4, 0.5) is 5.69 Å². The van der Waals surface area contributed by atoms with Crippen LogP contribution in [-0.2, 0) is 0 Å². The number of hydrogen-bond acceptors (Lipinski definition) is 2. The molecule has 0 saturated carbocycles. The van der Waals surface area contributed by atoms with E-state index in [4.69, 9.17) is 11.6 Å². The molecular formula is C16H10BrClN2O. The lowest BCUT2D eigenvalue weighted by Gasteiger charge is -2.09. The lowest BCUT2D eigenvalue weighted by molar-refractivity contribution is 0.102. The van der Waals surface area contributed by atoms with E-state index in [0.717, 1.165) is 15.4 Å². The van der Waals surface area contributed by atoms with Gasteiger partial charge in [0, 0.05) is 21.1 Å². The summed E-state index contributed by atoms with van der Waals surface area (Å²) in [7, 11) is 0. The number of pyridine rings is 1. The first-order valence-electron chi connectivity index (χ1n) is 6.25. The minimum absolute atomic E-state index is 0.198. The first-order chi connectivity index (χ1) is 10.1. The van der Waals surface area contributed by atoms with Gasteiger partial charge in [0.15, 0.2) is 0 Å². The van der Waals surface area contributed by atoms with Gasteiger partial charge in [0.25, 0.3) is 5.91 Å². The third kappa shape index (κ3) is 2.91. The number of amides is 1. The minimum atomic E-state index is -0.198. The van der Waals surface area contributed by atoms with E-state index in [0.29, 0.717) is 16.3 Å². The summed E-state index contributed by atoms with van der Waals surface area (Å²) in [5, 5.41) is 4.24. The number of rotatable bonds is 2. The number of aromatic nitrogens is 1. The Morgan fingerprint density at radius 2 is 1.95 bits per heavy atom. The Morgan fingerprint density at radius 1 is 1.14 bits per heavy atom. The number of para-hydroxylation sites is 1. The average Bonchev–Trinajstić information content (AvgIpc) is 2.50. The molecule has 0 fully saturated rings. The fourth-order valence-electron chi connectivity index (χ4n) is 2.08. The van der Waals surface area contributed by atoms with Gasteiger partial charge >= 0.3 is 0 Å². The number of nitrogens with zero attached hydrogens (tertiary/aromatic N) is 1. The summed E-state index contributed by atoms with van der Waals surface area (Å²) in [6, 6.07) is 14.5. The van der Waals surface area contributed by atoms with Gasteiger partial charge in [-0.05, 0) is 46.3 Å². The Bertz CT molecular complexity index is 830. The number of benzene rings is 2. The molecule has 21 heavy (non-hydrogen) atoms. The smallest absolute Gasteiger partial charge is 0.256 e. The highest BCUT2D eigenvalue weighted by Gasteiger charge is 2.12. The minimum Gasteiger partial charge on any atom is -0.321 e. The van der Waals surface area contributed by atoms with Gasteiger partial charge in [-0.2, -0.15) is 0 Å². The van der Waals surface area contributed by atoms with E-state index in [-0.39, 0.29) is 5.91 Å². The molecule has 2 aromatic carbocycles. The van der Waals surface area contributed by atoms with Crippen molar-refractivity contribution in [2.24, 2.45) is 0 Å². The van der Waals surface area contributed by atoms with Crippen LogP contribution in [0.25, 0.3) is 10.9 Å². The highest BCUT2D eigenvalue weighted by atomic mass is 79.9. The standard InChI is InChI=1S/C16H10BrClN2O/c17-13-6-5-10(18)9-15(13)20-16(21)12-7-8-19-14-4-2-1-3-11(12)14/h1-9H,(H,20,21). The Kier molecular flexibility index (Phi) is 3.90. The third-order valence-electron chi connectivity index (χ3n) is 3.07. The van der Waals surface area contributed by atoms with Crippen LogP contribution in [0.5, 0.6) is 0 Å². The lowest BCUT2D eigenvalue weighted by atomic mass is 10.1. The molecule has 1 N–H and O–H groups in total. The molecule has 0 aliphatic carbocycles. The number of fused-ring (bicyclic) bond motifs is 1. The Balaban J connectivity index is 1.99. The highest BCUT2D eigenvalue weighted by Crippen LogP contribution is 2.27. The van der Waals surface area contributed by atoms with Crippen molar-refractivity contribution >= 4 is 50.0 Å². The molecule has 5 heteroatoms. The van der Waals surface area contributed by atoms with Crippen LogP contribution in [0.15, 0.2) is 59.2 Å². The first kappa shape index (κ1) is 14.0. The summed E-state index contributed by atoms with van der Waals surface area (Å²) in [5.74, 6) is -0.198. The first-order valence-corrected chi connectivity index (χ1v) is 7.42. The maximum atomic E-state index is 12.5. The number of anilines is 1. The largest absolute Gasteiger partial charge is 0.321 e. The molecule has 0 spiro atoms. The van der Waals surface area contributed by atoms with Gasteiger partial charge in [-0.15, -0.1) is 0 Å². The van der Waals surface area contributed by atoms with E-state index in [1.54, 1.807) is 30.5 Å². The Morgan fingerprint density at radius 3 is 2.81 bits per heavy atom. The normalized spacial score (nSPS) is 10.6. The highest BCUT2D eigenvalue weighted by molar-refractivity contribution is 9.10. The Hall–Kier alpha value is -1.91. The number of halogens is 2. The summed E-state index contributed by atoms with van der Waals surface area (Å²) < 4.78 is 0.776. The van der Waals surface area contributed by atoms with Crippen LogP contribution in [0.2, 0.25) is 5.02 Å². The van der Waals surface area contributed by atoms with E-state index in [1.165, 1.54) is 0 Å². The van der Waals surface area contributed by atoms with Crippen molar-refractivity contribution in [3.8, 4) is 0 Å². The predicted molar refractivity (Wildman–Crippen MR) is 88.8 cm³/mol. The topological polar surface area (TPSA) is 42.0 Å². The maximum Gasteiger partial charge on any atom is 0.256 e. The zero-order valence-electron chi connectivity index (χ0n) is 10.8. The van der Waals surface area contributed by atoms with Crippen LogP contribution in [0.1, 0.15) is 10.4 Å². The molecular weight excluding hydrogens is 352 g/mol. The van der Waals surface area contributed by atoms with Crippen molar-refractivity contribution in [1.82, 2.24) is 4.98 Å². The van der Waals surface area contributed by atoms with E-state index in [1.807, 2.05) is 24.3 Å². The maximum absolute atomic E-state index is 12.5. The fraction of sp³-hybridized carbons (Fsp3) is 0. The van der Waals surface area contributed by atoms with E-state index in [2.05, 4.69) is 26.2 Å². The van der Waals surface area contributed by atoms with Crippen molar-refractivity contribution in [3.63, 3.8) is 0 Å². The van der Waals surface area contributed by atoms with E-state index < -0.39 is 0 Å². The number of nitrogens with one attached hydrogen (secondary N) is 1. The lowest BCUT2D eigenvalue weighted by Crippen LogP contribution is -2.13. The van der Waals surface area contributed by atoms with Gasteiger partial charge in [0.05, 0.1) is 16.8 Å². The molecule has 1 aromatic heterocycles. The van der Waals surface area contributed by atoms with Crippen molar-refractivity contribution in [2.45, 2.75) is 0 Å². The summed E-state index contributed by atoms with van der Waals surface area (Å²) in [6.45, 7) is 0. The molecule has 1 heterocycles. The van der Waals surface area contributed by atoms with Gasteiger partial charge < -0.3 is 5.32 Å². The zero-order valence-corrected chi connectivity index (χ0v) is 13.1. The molecule has 3 rings (SSSR count). The zero-order chi connectivity index (χ0) is 14.8. The molecule has 0 atom stereocenters.